The van der Waals surface area contributed by atoms with E-state index in [4.69, 9.17) is 23.2 Å². The van der Waals surface area contributed by atoms with E-state index in [1.54, 1.807) is 11.7 Å². The highest BCUT2D eigenvalue weighted by molar-refractivity contribution is 6.51. The summed E-state index contributed by atoms with van der Waals surface area (Å²) >= 11 is 12.5. The fourth-order valence-corrected chi connectivity index (χ4v) is 3.15. The lowest BCUT2D eigenvalue weighted by Gasteiger charge is -2.14. The van der Waals surface area contributed by atoms with Gasteiger partial charge in [-0.1, -0.05) is 23.2 Å². The van der Waals surface area contributed by atoms with Gasteiger partial charge in [0.15, 0.2) is 0 Å². The first-order valence-electron chi connectivity index (χ1n) is 6.38. The van der Waals surface area contributed by atoms with Crippen molar-refractivity contribution in [2.45, 2.75) is 12.8 Å². The van der Waals surface area contributed by atoms with Gasteiger partial charge in [-0.25, -0.2) is 4.39 Å². The molecule has 0 bridgehead atoms. The Bertz CT molecular complexity index is 780. The Morgan fingerprint density at radius 2 is 2.10 bits per heavy atom. The topological polar surface area (TPSA) is 34.9 Å². The van der Waals surface area contributed by atoms with E-state index in [9.17, 15) is 9.18 Å². The van der Waals surface area contributed by atoms with Crippen molar-refractivity contribution in [1.82, 2.24) is 9.78 Å². The Kier molecular flexibility index (Phi) is 3.59. The zero-order valence-electron chi connectivity index (χ0n) is 11.2. The molecule has 108 valence electrons. The number of halogens is 3. The van der Waals surface area contributed by atoms with Crippen molar-refractivity contribution in [3.05, 3.63) is 45.9 Å². The maximum absolute atomic E-state index is 13.6. The number of nitrogens with zero attached hydrogens (tertiary/aromatic N) is 2. The van der Waals surface area contributed by atoms with Crippen LogP contribution in [0.1, 0.15) is 17.7 Å². The predicted octanol–water partition coefficient (Wildman–Crippen LogP) is 3.97. The Morgan fingerprint density at radius 1 is 1.33 bits per heavy atom. The molecule has 0 N–H and O–H groups in total. The van der Waals surface area contributed by atoms with Crippen molar-refractivity contribution in [3.63, 3.8) is 0 Å². The number of aldehydes is 1. The minimum absolute atomic E-state index is 0.370. The minimum Gasteiger partial charge on any atom is -0.298 e. The van der Waals surface area contributed by atoms with Gasteiger partial charge in [0.2, 0.25) is 0 Å². The largest absolute Gasteiger partial charge is 0.298 e. The molecule has 6 heteroatoms. The number of carbonyl (C=O) groups excluding carboxylic acids is 1. The number of allylic oxidation sites excluding steroid dienone is 1. The fraction of sp³-hybridized carbons (Fsp3) is 0.200. The number of hydrogen-bond donors (Lipinski definition) is 0. The quantitative estimate of drug-likeness (QED) is 0.783. The molecule has 21 heavy (non-hydrogen) atoms. The van der Waals surface area contributed by atoms with E-state index in [0.717, 1.165) is 12.0 Å². The second-order valence-electron chi connectivity index (χ2n) is 4.88. The Morgan fingerprint density at radius 3 is 2.81 bits per heavy atom. The number of carbonyl (C=O) groups is 1. The van der Waals surface area contributed by atoms with Crippen LogP contribution in [0.3, 0.4) is 0 Å². The highest BCUT2D eigenvalue weighted by atomic mass is 35.5. The van der Waals surface area contributed by atoms with Crippen LogP contribution in [0.2, 0.25) is 5.02 Å². The zero-order chi connectivity index (χ0) is 15.1. The van der Waals surface area contributed by atoms with Gasteiger partial charge in [0, 0.05) is 23.7 Å². The summed E-state index contributed by atoms with van der Waals surface area (Å²) in [5.74, 6) is -0.393. The third-order valence-electron chi connectivity index (χ3n) is 3.58. The van der Waals surface area contributed by atoms with Gasteiger partial charge in [-0.3, -0.25) is 9.48 Å². The van der Waals surface area contributed by atoms with Gasteiger partial charge in [0.1, 0.15) is 12.1 Å². The Hall–Kier alpha value is -1.65. The van der Waals surface area contributed by atoms with Crippen LogP contribution in [-0.2, 0) is 18.3 Å². The molecule has 1 heterocycles. The molecule has 0 saturated carbocycles. The first-order valence-corrected chi connectivity index (χ1v) is 7.14. The van der Waals surface area contributed by atoms with E-state index in [1.165, 1.54) is 18.2 Å². The van der Waals surface area contributed by atoms with Gasteiger partial charge in [0.25, 0.3) is 0 Å². The van der Waals surface area contributed by atoms with Crippen molar-refractivity contribution in [2.24, 2.45) is 7.05 Å². The number of aromatic nitrogens is 2. The SMILES string of the molecule is Cn1nc2c(c1-c1cc(F)ccc1Cl)C(Cl)=C(C=O)CC2. The Labute approximate surface area is 131 Å². The standard InChI is InChI=1S/C15H11Cl2FN2O/c1-20-15(10-6-9(18)3-4-11(10)16)13-12(19-20)5-2-8(7-21)14(13)17/h3-4,6-7H,2,5H2,1H3. The van der Waals surface area contributed by atoms with Gasteiger partial charge in [0.05, 0.1) is 21.4 Å². The first-order chi connectivity index (χ1) is 10.0. The molecule has 0 amide bonds. The third kappa shape index (κ3) is 2.28. The summed E-state index contributed by atoms with van der Waals surface area (Å²) in [7, 11) is 1.75. The van der Waals surface area contributed by atoms with E-state index >= 15 is 0 Å². The van der Waals surface area contributed by atoms with Crippen LogP contribution in [0.5, 0.6) is 0 Å². The fourth-order valence-electron chi connectivity index (χ4n) is 2.61. The molecule has 3 rings (SSSR count). The van der Waals surface area contributed by atoms with E-state index in [2.05, 4.69) is 5.10 Å². The van der Waals surface area contributed by atoms with Crippen LogP contribution in [0, 0.1) is 5.82 Å². The average Bonchev–Trinajstić information content (AvgIpc) is 2.79. The number of benzene rings is 1. The molecule has 2 aromatic rings. The molecule has 1 aliphatic carbocycles. The van der Waals surface area contributed by atoms with E-state index in [-0.39, 0.29) is 0 Å². The lowest BCUT2D eigenvalue weighted by atomic mass is 9.94. The number of hydrogen-bond acceptors (Lipinski definition) is 2. The maximum atomic E-state index is 13.6. The third-order valence-corrected chi connectivity index (χ3v) is 4.34. The second-order valence-corrected chi connectivity index (χ2v) is 5.66. The van der Waals surface area contributed by atoms with E-state index in [0.29, 0.717) is 45.3 Å². The molecule has 0 saturated heterocycles. The van der Waals surface area contributed by atoms with Crippen molar-refractivity contribution >= 4 is 34.5 Å². The van der Waals surface area contributed by atoms with Crippen LogP contribution >= 0.6 is 23.2 Å². The summed E-state index contributed by atoms with van der Waals surface area (Å²) in [6.45, 7) is 0. The lowest BCUT2D eigenvalue weighted by Crippen LogP contribution is -2.03. The molecule has 0 atom stereocenters. The van der Waals surface area contributed by atoms with Crippen molar-refractivity contribution in [1.29, 1.82) is 0 Å². The molecule has 0 unspecified atom stereocenters. The zero-order valence-corrected chi connectivity index (χ0v) is 12.7. The van der Waals surface area contributed by atoms with Gasteiger partial charge < -0.3 is 0 Å². The summed E-state index contributed by atoms with van der Waals surface area (Å²) in [5.41, 5.74) is 3.13. The van der Waals surface area contributed by atoms with Crippen molar-refractivity contribution < 1.29 is 9.18 Å². The smallest absolute Gasteiger partial charge is 0.147 e. The molecule has 0 fully saturated rings. The summed E-state index contributed by atoms with van der Waals surface area (Å²) in [6, 6.07) is 4.13. The first kappa shape index (κ1) is 14.3. The Balaban J connectivity index is 2.32. The molecule has 1 aromatic carbocycles. The normalized spacial score (nSPS) is 14.3. The summed E-state index contributed by atoms with van der Waals surface area (Å²) in [4.78, 5) is 11.1. The predicted molar refractivity (Wildman–Crippen MR) is 80.8 cm³/mol. The monoisotopic (exact) mass is 324 g/mol. The highest BCUT2D eigenvalue weighted by Crippen LogP contribution is 2.41. The average molecular weight is 325 g/mol. The minimum atomic E-state index is -0.393. The highest BCUT2D eigenvalue weighted by Gasteiger charge is 2.27. The van der Waals surface area contributed by atoms with Crippen LogP contribution in [0.15, 0.2) is 23.8 Å². The van der Waals surface area contributed by atoms with Crippen LogP contribution in [0.4, 0.5) is 4.39 Å². The number of fused-ring (bicyclic) bond motifs is 1. The number of aryl methyl sites for hydroxylation is 2. The molecular formula is C15H11Cl2FN2O. The van der Waals surface area contributed by atoms with Crippen molar-refractivity contribution in [2.75, 3.05) is 0 Å². The summed E-state index contributed by atoms with van der Waals surface area (Å²) in [6.07, 6.45) is 1.94. The summed E-state index contributed by atoms with van der Waals surface area (Å²) in [5, 5.41) is 5.20. The molecule has 0 aliphatic heterocycles. The van der Waals surface area contributed by atoms with Gasteiger partial charge in [-0.05, 0) is 31.0 Å². The molecule has 1 aromatic heterocycles. The molecule has 1 aliphatic rings. The van der Waals surface area contributed by atoms with E-state index < -0.39 is 5.82 Å². The van der Waals surface area contributed by atoms with Crippen molar-refractivity contribution in [3.8, 4) is 11.3 Å². The molecule has 0 spiro atoms. The number of rotatable bonds is 2. The van der Waals surface area contributed by atoms with Gasteiger partial charge >= 0.3 is 0 Å². The van der Waals surface area contributed by atoms with Gasteiger partial charge in [-0.15, -0.1) is 0 Å². The van der Waals surface area contributed by atoms with Crippen LogP contribution < -0.4 is 0 Å². The molecule has 0 radical (unpaired) electrons. The lowest BCUT2D eigenvalue weighted by molar-refractivity contribution is -0.105. The van der Waals surface area contributed by atoms with E-state index in [1.807, 2.05) is 0 Å². The van der Waals surface area contributed by atoms with Gasteiger partial charge in [-0.2, -0.15) is 5.10 Å². The van der Waals surface area contributed by atoms with Crippen LogP contribution in [-0.4, -0.2) is 16.1 Å². The maximum Gasteiger partial charge on any atom is 0.147 e. The molecular weight excluding hydrogens is 314 g/mol. The second kappa shape index (κ2) is 5.28. The summed E-state index contributed by atoms with van der Waals surface area (Å²) < 4.78 is 15.2. The molecule has 3 nitrogen and oxygen atoms in total. The van der Waals surface area contributed by atoms with Crippen LogP contribution in [0.25, 0.3) is 16.3 Å².